The molecule has 0 radical (unpaired) electrons. The highest BCUT2D eigenvalue weighted by Gasteiger charge is 2.44. The monoisotopic (exact) mass is 381 g/mol. The summed E-state index contributed by atoms with van der Waals surface area (Å²) in [7, 11) is 2.03. The molecule has 1 saturated heterocycles. The number of amides is 2. The molecule has 0 bridgehead atoms. The Morgan fingerprint density at radius 2 is 1.71 bits per heavy atom. The van der Waals surface area contributed by atoms with Gasteiger partial charge in [0.05, 0.1) is 0 Å². The molecule has 0 spiro atoms. The van der Waals surface area contributed by atoms with Gasteiger partial charge in [-0.05, 0) is 61.9 Å². The minimum atomic E-state index is -0.757. The van der Waals surface area contributed by atoms with Crippen LogP contribution in [0, 0.1) is 19.7 Å². The summed E-state index contributed by atoms with van der Waals surface area (Å²) < 4.78 is 13.9. The minimum Gasteiger partial charge on any atom is -0.338 e. The molecule has 0 N–H and O–H groups in total. The van der Waals surface area contributed by atoms with Crippen LogP contribution in [0.25, 0.3) is 0 Å². The van der Waals surface area contributed by atoms with Crippen molar-refractivity contribution in [3.05, 3.63) is 64.5 Å². The fourth-order valence-electron chi connectivity index (χ4n) is 3.97. The Bertz CT molecular complexity index is 951. The van der Waals surface area contributed by atoms with Gasteiger partial charge in [0, 0.05) is 37.4 Å². The summed E-state index contributed by atoms with van der Waals surface area (Å²) in [4.78, 5) is 32.2. The molecule has 2 heterocycles. The first-order valence-electron chi connectivity index (χ1n) is 9.54. The third-order valence-electron chi connectivity index (χ3n) is 5.80. The number of nitrogens with zero attached hydrogens (tertiary/aromatic N) is 3. The number of hydrogen-bond acceptors (Lipinski definition) is 3. The van der Waals surface area contributed by atoms with Gasteiger partial charge in [-0.3, -0.25) is 14.5 Å². The van der Waals surface area contributed by atoms with Crippen LogP contribution in [0.2, 0.25) is 0 Å². The predicted molar refractivity (Wildman–Crippen MR) is 106 cm³/mol. The van der Waals surface area contributed by atoms with E-state index in [1.54, 1.807) is 12.1 Å². The fraction of sp³-hybridized carbons (Fsp3) is 0.364. The third kappa shape index (κ3) is 3.07. The molecule has 2 aliphatic rings. The number of rotatable bonds is 2. The van der Waals surface area contributed by atoms with Crippen molar-refractivity contribution in [2.45, 2.75) is 19.9 Å². The molecule has 1 unspecified atom stereocenters. The number of anilines is 1. The Morgan fingerprint density at radius 3 is 2.39 bits per heavy atom. The zero-order valence-electron chi connectivity index (χ0n) is 16.4. The lowest BCUT2D eigenvalue weighted by Gasteiger charge is -2.36. The Kier molecular flexibility index (Phi) is 4.67. The van der Waals surface area contributed by atoms with E-state index in [1.807, 2.05) is 37.9 Å². The van der Waals surface area contributed by atoms with Crippen LogP contribution in [0.15, 0.2) is 36.4 Å². The van der Waals surface area contributed by atoms with E-state index in [1.165, 1.54) is 17.0 Å². The van der Waals surface area contributed by atoms with E-state index in [4.69, 9.17) is 0 Å². The van der Waals surface area contributed by atoms with Gasteiger partial charge in [0.2, 0.25) is 0 Å². The normalized spacial score (nSPS) is 19.9. The molecule has 146 valence electrons. The lowest BCUT2D eigenvalue weighted by Crippen LogP contribution is -2.50. The number of benzene rings is 2. The highest BCUT2D eigenvalue weighted by Crippen LogP contribution is 2.40. The number of carbonyl (C=O) groups is 2. The van der Waals surface area contributed by atoms with Crippen molar-refractivity contribution < 1.29 is 14.0 Å². The molecule has 0 saturated carbocycles. The van der Waals surface area contributed by atoms with Gasteiger partial charge in [0.25, 0.3) is 11.8 Å². The van der Waals surface area contributed by atoms with Crippen molar-refractivity contribution in [2.75, 3.05) is 38.1 Å². The summed E-state index contributed by atoms with van der Waals surface area (Å²) in [6, 6.07) is 8.91. The van der Waals surface area contributed by atoms with Crippen molar-refractivity contribution >= 4 is 17.5 Å². The fourth-order valence-corrected chi connectivity index (χ4v) is 3.97. The van der Waals surface area contributed by atoms with Crippen LogP contribution >= 0.6 is 0 Å². The van der Waals surface area contributed by atoms with E-state index < -0.39 is 11.9 Å². The van der Waals surface area contributed by atoms with E-state index in [2.05, 4.69) is 4.90 Å². The summed E-state index contributed by atoms with van der Waals surface area (Å²) >= 11 is 0. The van der Waals surface area contributed by atoms with Gasteiger partial charge in [-0.15, -0.1) is 0 Å². The zero-order valence-corrected chi connectivity index (χ0v) is 16.4. The second-order valence-electron chi connectivity index (χ2n) is 7.71. The van der Waals surface area contributed by atoms with Crippen LogP contribution in [0.1, 0.15) is 33.1 Å². The van der Waals surface area contributed by atoms with Crippen molar-refractivity contribution in [1.82, 2.24) is 9.80 Å². The van der Waals surface area contributed by atoms with Crippen molar-refractivity contribution in [1.29, 1.82) is 0 Å². The molecule has 2 aromatic carbocycles. The van der Waals surface area contributed by atoms with Gasteiger partial charge < -0.3 is 9.80 Å². The first kappa shape index (κ1) is 18.6. The van der Waals surface area contributed by atoms with E-state index in [0.29, 0.717) is 29.9 Å². The van der Waals surface area contributed by atoms with Crippen LogP contribution in [-0.2, 0) is 4.79 Å². The first-order valence-corrected chi connectivity index (χ1v) is 9.54. The molecule has 28 heavy (non-hydrogen) atoms. The summed E-state index contributed by atoms with van der Waals surface area (Å²) in [5.41, 5.74) is 3.67. The zero-order chi connectivity index (χ0) is 20.0. The Labute approximate surface area is 164 Å². The van der Waals surface area contributed by atoms with Crippen LogP contribution in [0.3, 0.4) is 0 Å². The Balaban J connectivity index is 1.80. The topological polar surface area (TPSA) is 43.9 Å². The molecular formula is C22H24FN3O2. The van der Waals surface area contributed by atoms with E-state index in [9.17, 15) is 14.0 Å². The summed E-state index contributed by atoms with van der Waals surface area (Å²) in [5, 5.41) is 0. The average molecular weight is 381 g/mol. The Hall–Kier alpha value is -2.73. The van der Waals surface area contributed by atoms with E-state index in [-0.39, 0.29) is 11.8 Å². The maximum Gasteiger partial charge on any atom is 0.259 e. The SMILES string of the molecule is Cc1cc2c(cc1C)C(C(=O)N1CCN(C)CC1)N(c1cccc(F)c1)C2=O. The number of carbonyl (C=O) groups excluding carboxylic acids is 2. The lowest BCUT2D eigenvalue weighted by atomic mass is 9.97. The lowest BCUT2D eigenvalue weighted by molar-refractivity contribution is -0.134. The quantitative estimate of drug-likeness (QED) is 0.804. The first-order chi connectivity index (χ1) is 13.4. The summed E-state index contributed by atoms with van der Waals surface area (Å²) in [6.45, 7) is 6.76. The number of fused-ring (bicyclic) bond motifs is 1. The van der Waals surface area contributed by atoms with E-state index in [0.717, 1.165) is 24.2 Å². The van der Waals surface area contributed by atoms with Crippen molar-refractivity contribution in [3.8, 4) is 0 Å². The van der Waals surface area contributed by atoms with Gasteiger partial charge in [-0.1, -0.05) is 12.1 Å². The van der Waals surface area contributed by atoms with Gasteiger partial charge in [-0.25, -0.2) is 4.39 Å². The molecule has 2 amide bonds. The molecule has 4 rings (SSSR count). The van der Waals surface area contributed by atoms with Crippen molar-refractivity contribution in [3.63, 3.8) is 0 Å². The number of hydrogen-bond donors (Lipinski definition) is 0. The number of likely N-dealkylation sites (N-methyl/N-ethyl adjacent to an activating group) is 1. The molecule has 5 nitrogen and oxygen atoms in total. The number of piperazine rings is 1. The van der Waals surface area contributed by atoms with Gasteiger partial charge in [0.1, 0.15) is 11.9 Å². The largest absolute Gasteiger partial charge is 0.338 e. The molecule has 1 fully saturated rings. The summed E-state index contributed by atoms with van der Waals surface area (Å²) in [6.07, 6.45) is 0. The molecule has 0 aromatic heterocycles. The highest BCUT2D eigenvalue weighted by atomic mass is 19.1. The third-order valence-corrected chi connectivity index (χ3v) is 5.80. The smallest absolute Gasteiger partial charge is 0.259 e. The molecule has 2 aromatic rings. The van der Waals surface area contributed by atoms with Gasteiger partial charge in [-0.2, -0.15) is 0 Å². The van der Waals surface area contributed by atoms with Crippen LogP contribution in [-0.4, -0.2) is 54.8 Å². The second-order valence-corrected chi connectivity index (χ2v) is 7.71. The number of aryl methyl sites for hydroxylation is 2. The maximum absolute atomic E-state index is 13.9. The molecular weight excluding hydrogens is 357 g/mol. The standard InChI is InChI=1S/C22H24FN3O2/c1-14-11-18-19(12-15(14)2)21(27)26(17-6-4-5-16(23)13-17)20(18)22(28)25-9-7-24(3)8-10-25/h4-6,11-13,20H,7-10H2,1-3H3. The van der Waals surface area contributed by atoms with E-state index >= 15 is 0 Å². The molecule has 0 aliphatic carbocycles. The minimum absolute atomic E-state index is 0.104. The Morgan fingerprint density at radius 1 is 1.04 bits per heavy atom. The number of halogens is 1. The molecule has 6 heteroatoms. The van der Waals surface area contributed by atoms with Gasteiger partial charge >= 0.3 is 0 Å². The molecule has 1 atom stereocenters. The van der Waals surface area contributed by atoms with Crippen LogP contribution < -0.4 is 4.90 Å². The predicted octanol–water partition coefficient (Wildman–Crippen LogP) is 2.92. The van der Waals surface area contributed by atoms with Crippen LogP contribution in [0.5, 0.6) is 0 Å². The van der Waals surface area contributed by atoms with Gasteiger partial charge in [0.15, 0.2) is 0 Å². The molecule has 2 aliphatic heterocycles. The average Bonchev–Trinajstić information content (AvgIpc) is 2.94. The summed E-state index contributed by atoms with van der Waals surface area (Å²) in [5.74, 6) is -0.789. The maximum atomic E-state index is 13.9. The highest BCUT2D eigenvalue weighted by molar-refractivity contribution is 6.16. The van der Waals surface area contributed by atoms with Crippen molar-refractivity contribution in [2.24, 2.45) is 0 Å². The second kappa shape index (κ2) is 7.02. The van der Waals surface area contributed by atoms with Crippen LogP contribution in [0.4, 0.5) is 10.1 Å².